The van der Waals surface area contributed by atoms with Gasteiger partial charge in [-0.05, 0) is 61.1 Å². The van der Waals surface area contributed by atoms with Gasteiger partial charge < -0.3 is 16.0 Å². The van der Waals surface area contributed by atoms with Gasteiger partial charge in [-0.3, -0.25) is 9.59 Å². The monoisotopic (exact) mass is 561 g/mol. The van der Waals surface area contributed by atoms with Gasteiger partial charge in [0.15, 0.2) is 0 Å². The summed E-state index contributed by atoms with van der Waals surface area (Å²) < 4.78 is 25.9. The third kappa shape index (κ3) is 18.6. The first kappa shape index (κ1) is 36.9. The Hall–Kier alpha value is -2.22. The molecule has 0 radical (unpaired) electrons. The highest BCUT2D eigenvalue weighted by Crippen LogP contribution is 2.35. The molecule has 2 rings (SSSR count). The normalized spacial score (nSPS) is 17.1. The van der Waals surface area contributed by atoms with Crippen LogP contribution in [0.3, 0.4) is 0 Å². The summed E-state index contributed by atoms with van der Waals surface area (Å²) in [4.78, 5) is 20.0. The topological polar surface area (TPSA) is 70.2 Å². The number of halogens is 4. The zero-order valence-electron chi connectivity index (χ0n) is 23.1. The highest BCUT2D eigenvalue weighted by Gasteiger charge is 2.27. The maximum Gasteiger partial charge on any atom is 0.211 e. The first-order valence-corrected chi connectivity index (χ1v) is 12.9. The molecule has 1 aliphatic heterocycles. The van der Waals surface area contributed by atoms with Gasteiger partial charge in [0.2, 0.25) is 12.8 Å². The Bertz CT molecular complexity index is 879. The van der Waals surface area contributed by atoms with Crippen molar-refractivity contribution in [2.45, 2.75) is 60.8 Å². The second kappa shape index (κ2) is 20.8. The quantitative estimate of drug-likeness (QED) is 0.173. The highest BCUT2D eigenvalue weighted by molar-refractivity contribution is 6.31. The summed E-state index contributed by atoms with van der Waals surface area (Å²) in [7, 11) is 0. The van der Waals surface area contributed by atoms with E-state index in [2.05, 4.69) is 57.1 Å². The molecule has 1 saturated heterocycles. The Labute approximate surface area is 231 Å². The van der Waals surface area contributed by atoms with E-state index in [1.807, 2.05) is 6.92 Å². The smallest absolute Gasteiger partial charge is 0.211 e. The largest absolute Gasteiger partial charge is 0.359 e. The average Bonchev–Trinajstić information content (AvgIpc) is 3.25. The average molecular weight is 563 g/mol. The van der Waals surface area contributed by atoms with Crippen LogP contribution >= 0.6 is 23.2 Å². The molecule has 2 atom stereocenters. The summed E-state index contributed by atoms with van der Waals surface area (Å²) in [5.74, 6) is -0.293. The van der Waals surface area contributed by atoms with Crippen molar-refractivity contribution in [1.82, 2.24) is 10.6 Å². The van der Waals surface area contributed by atoms with Gasteiger partial charge in [-0.1, -0.05) is 77.4 Å². The molecule has 1 aliphatic rings. The maximum atomic E-state index is 13.5. The minimum absolute atomic E-state index is 0.0247. The number of benzene rings is 1. The van der Waals surface area contributed by atoms with E-state index in [1.54, 1.807) is 13.0 Å². The van der Waals surface area contributed by atoms with Gasteiger partial charge in [0, 0.05) is 24.7 Å². The number of allylic oxidation sites excluding steroid dienone is 5. The minimum atomic E-state index is -0.450. The molecule has 0 saturated carbocycles. The predicted octanol–water partition coefficient (Wildman–Crippen LogP) is 7.73. The lowest BCUT2D eigenvalue weighted by atomic mass is 9.89. The van der Waals surface area contributed by atoms with E-state index in [0.717, 1.165) is 31.6 Å². The molecule has 1 aromatic rings. The van der Waals surface area contributed by atoms with Gasteiger partial charge in [-0.15, -0.1) is 0 Å². The fourth-order valence-electron chi connectivity index (χ4n) is 2.81. The number of anilines is 1. The van der Waals surface area contributed by atoms with Crippen LogP contribution < -0.4 is 16.0 Å². The number of carbonyl (C=O) groups is 2. The molecular formula is C28H43Cl2F2N3O2. The van der Waals surface area contributed by atoms with E-state index < -0.39 is 11.6 Å². The molecule has 0 aliphatic carbocycles. The summed E-state index contributed by atoms with van der Waals surface area (Å²) >= 11 is 11.0. The SMILES string of the molecule is C=C/C(Cl)=C(F)\C=C/C.CC(C)(C)C.CCCNC=O.C[C@H]1CNCC1c1cc(F)c(Cl)cc1NC=O. The third-order valence-electron chi connectivity index (χ3n) is 4.42. The lowest BCUT2D eigenvalue weighted by Gasteiger charge is -2.18. The molecule has 210 valence electrons. The van der Waals surface area contributed by atoms with E-state index in [-0.39, 0.29) is 16.0 Å². The Morgan fingerprint density at radius 2 is 1.81 bits per heavy atom. The Balaban J connectivity index is 0. The highest BCUT2D eigenvalue weighted by atomic mass is 35.5. The van der Waals surface area contributed by atoms with E-state index in [0.29, 0.717) is 29.8 Å². The Kier molecular flexibility index (Phi) is 20.8. The maximum absolute atomic E-state index is 13.5. The van der Waals surface area contributed by atoms with Crippen LogP contribution in [0.4, 0.5) is 14.5 Å². The molecule has 0 aromatic heterocycles. The molecule has 37 heavy (non-hydrogen) atoms. The van der Waals surface area contributed by atoms with E-state index in [1.165, 1.54) is 24.3 Å². The first-order valence-electron chi connectivity index (χ1n) is 12.1. The molecule has 2 amide bonds. The van der Waals surface area contributed by atoms with E-state index >= 15 is 0 Å². The number of rotatable bonds is 8. The lowest BCUT2D eigenvalue weighted by Crippen LogP contribution is -2.11. The van der Waals surface area contributed by atoms with Crippen LogP contribution in [0.5, 0.6) is 0 Å². The summed E-state index contributed by atoms with van der Waals surface area (Å²) in [6.45, 7) is 20.4. The zero-order valence-corrected chi connectivity index (χ0v) is 24.6. The van der Waals surface area contributed by atoms with Crippen LogP contribution in [0.25, 0.3) is 0 Å². The van der Waals surface area contributed by atoms with Gasteiger partial charge >= 0.3 is 0 Å². The molecule has 1 unspecified atom stereocenters. The van der Waals surface area contributed by atoms with Crippen LogP contribution in [0.1, 0.15) is 66.4 Å². The molecule has 1 heterocycles. The second-order valence-corrected chi connectivity index (χ2v) is 10.6. The number of hydrogen-bond acceptors (Lipinski definition) is 3. The molecule has 1 fully saturated rings. The van der Waals surface area contributed by atoms with Gasteiger partial charge in [-0.2, -0.15) is 0 Å². The standard InChI is InChI=1S/C12H14ClFN2O.C7H8ClF.C5H12.C4H9NO/c1-7-4-15-5-9(7)8-2-11(14)10(13)3-12(8)16-6-17;1-3-5-7(9)6(8)4-2;1-5(2,3)4;1-2-3-5-4-6/h2-3,6-7,9,15H,4-5H2,1H3,(H,16,17);3-5H,2H2,1H3;1-4H3;4H,2-3H2,1H3,(H,5,6)/b;5-3-,7-6-;;/t7-,9?;;;/m0.../s1. The number of nitrogens with one attached hydrogen (secondary N) is 3. The van der Waals surface area contributed by atoms with Crippen molar-refractivity contribution in [2.24, 2.45) is 11.3 Å². The first-order chi connectivity index (χ1) is 17.3. The van der Waals surface area contributed by atoms with Crippen LogP contribution in [-0.4, -0.2) is 32.5 Å². The lowest BCUT2D eigenvalue weighted by molar-refractivity contribution is -0.109. The van der Waals surface area contributed by atoms with Gasteiger partial charge in [-0.25, -0.2) is 8.78 Å². The van der Waals surface area contributed by atoms with Crippen LogP contribution in [0, 0.1) is 17.2 Å². The second-order valence-electron chi connectivity index (χ2n) is 9.83. The molecule has 0 spiro atoms. The number of carbonyl (C=O) groups excluding carboxylic acids is 2. The van der Waals surface area contributed by atoms with Crippen LogP contribution in [0.15, 0.2) is 47.8 Å². The van der Waals surface area contributed by atoms with Crippen LogP contribution in [-0.2, 0) is 9.59 Å². The van der Waals surface area contributed by atoms with E-state index in [4.69, 9.17) is 23.2 Å². The van der Waals surface area contributed by atoms with Gasteiger partial charge in [0.05, 0.1) is 10.1 Å². The fraction of sp³-hybridized carbons (Fsp3) is 0.500. The van der Waals surface area contributed by atoms with Crippen molar-refractivity contribution < 1.29 is 18.4 Å². The molecule has 5 nitrogen and oxygen atoms in total. The summed E-state index contributed by atoms with van der Waals surface area (Å²) in [5.41, 5.74) is 1.89. The fourth-order valence-corrected chi connectivity index (χ4v) is 3.04. The zero-order chi connectivity index (χ0) is 29.0. The Morgan fingerprint density at radius 1 is 1.22 bits per heavy atom. The minimum Gasteiger partial charge on any atom is -0.359 e. The van der Waals surface area contributed by atoms with Crippen molar-refractivity contribution in [3.05, 3.63) is 64.2 Å². The number of amides is 2. The van der Waals surface area contributed by atoms with Crippen molar-refractivity contribution >= 4 is 41.7 Å². The summed E-state index contributed by atoms with van der Waals surface area (Å²) in [6, 6.07) is 2.88. The molecule has 3 N–H and O–H groups in total. The molecule has 1 aromatic carbocycles. The van der Waals surface area contributed by atoms with Gasteiger partial charge in [0.25, 0.3) is 0 Å². The van der Waals surface area contributed by atoms with Crippen molar-refractivity contribution in [3.63, 3.8) is 0 Å². The van der Waals surface area contributed by atoms with Crippen molar-refractivity contribution in [3.8, 4) is 0 Å². The van der Waals surface area contributed by atoms with Crippen LogP contribution in [0.2, 0.25) is 5.02 Å². The summed E-state index contributed by atoms with van der Waals surface area (Å²) in [6.07, 6.45) is 6.42. The van der Waals surface area contributed by atoms with E-state index in [9.17, 15) is 18.4 Å². The number of hydrogen-bond donors (Lipinski definition) is 3. The third-order valence-corrected chi connectivity index (χ3v) is 5.05. The predicted molar refractivity (Wildman–Crippen MR) is 154 cm³/mol. The summed E-state index contributed by atoms with van der Waals surface area (Å²) in [5, 5.41) is 8.43. The van der Waals surface area contributed by atoms with Crippen molar-refractivity contribution in [2.75, 3.05) is 25.0 Å². The van der Waals surface area contributed by atoms with Crippen molar-refractivity contribution in [1.29, 1.82) is 0 Å². The molecule has 0 bridgehead atoms. The Morgan fingerprint density at radius 3 is 2.19 bits per heavy atom. The van der Waals surface area contributed by atoms with Gasteiger partial charge in [0.1, 0.15) is 11.6 Å². The molecule has 9 heteroatoms. The molecular weight excluding hydrogens is 519 g/mol.